The van der Waals surface area contributed by atoms with Crippen molar-refractivity contribution in [3.05, 3.63) is 114 Å². The summed E-state index contributed by atoms with van der Waals surface area (Å²) in [6.45, 7) is 6.75. The van der Waals surface area contributed by atoms with Crippen molar-refractivity contribution in [2.75, 3.05) is 28.6 Å². The lowest BCUT2D eigenvalue weighted by Gasteiger charge is -2.24. The molecule has 0 unspecified atom stereocenters. The normalized spacial score (nSPS) is 10.6. The SMILES string of the molecule is Cc1ccc(NC(=O)N(CCNC(=O)Nc2ccc(C(C)C)cc2)c2ccc(Oc3ccccc3)cc2)cc1. The fraction of sp³-hybridized carbons (Fsp3) is 0.188. The Morgan fingerprint density at radius 2 is 1.33 bits per heavy atom. The number of nitrogens with zero attached hydrogens (tertiary/aromatic N) is 1. The maximum atomic E-state index is 13.3. The standard InChI is InChI=1S/C32H34N4O3/c1-23(2)25-11-15-26(16-12-25)34-31(37)33-21-22-36(32(38)35-27-13-9-24(3)10-14-27)28-17-19-30(20-18-28)39-29-7-5-4-6-8-29/h4-20,23H,21-22H2,1-3H3,(H,35,38)(H2,33,34,37). The number of carbonyl (C=O) groups is 2. The summed E-state index contributed by atoms with van der Waals surface area (Å²) in [4.78, 5) is 27.4. The van der Waals surface area contributed by atoms with Crippen LogP contribution in [0.1, 0.15) is 30.9 Å². The molecule has 0 heterocycles. The van der Waals surface area contributed by atoms with Crippen LogP contribution in [0.15, 0.2) is 103 Å². The molecule has 0 aliphatic heterocycles. The van der Waals surface area contributed by atoms with Crippen LogP contribution in [0.5, 0.6) is 11.5 Å². The van der Waals surface area contributed by atoms with Crippen molar-refractivity contribution < 1.29 is 14.3 Å². The molecule has 4 aromatic carbocycles. The van der Waals surface area contributed by atoms with Crippen molar-refractivity contribution in [1.82, 2.24) is 5.32 Å². The predicted molar refractivity (Wildman–Crippen MR) is 158 cm³/mol. The summed E-state index contributed by atoms with van der Waals surface area (Å²) < 4.78 is 5.89. The summed E-state index contributed by atoms with van der Waals surface area (Å²) >= 11 is 0. The van der Waals surface area contributed by atoms with E-state index in [2.05, 4.69) is 29.8 Å². The predicted octanol–water partition coefficient (Wildman–Crippen LogP) is 7.77. The average Bonchev–Trinajstić information content (AvgIpc) is 2.94. The number of ether oxygens (including phenoxy) is 1. The van der Waals surface area contributed by atoms with Gasteiger partial charge in [-0.1, -0.05) is 61.9 Å². The van der Waals surface area contributed by atoms with E-state index in [-0.39, 0.29) is 25.2 Å². The van der Waals surface area contributed by atoms with Gasteiger partial charge in [-0.2, -0.15) is 0 Å². The summed E-state index contributed by atoms with van der Waals surface area (Å²) in [7, 11) is 0. The summed E-state index contributed by atoms with van der Waals surface area (Å²) in [6.07, 6.45) is 0. The minimum Gasteiger partial charge on any atom is -0.457 e. The van der Waals surface area contributed by atoms with Crippen molar-refractivity contribution in [3.63, 3.8) is 0 Å². The summed E-state index contributed by atoms with van der Waals surface area (Å²) in [5, 5.41) is 8.63. The van der Waals surface area contributed by atoms with Crippen LogP contribution in [0.2, 0.25) is 0 Å². The number of urea groups is 2. The van der Waals surface area contributed by atoms with Gasteiger partial charge in [0.25, 0.3) is 0 Å². The average molecular weight is 523 g/mol. The molecule has 0 atom stereocenters. The van der Waals surface area contributed by atoms with Crippen molar-refractivity contribution in [1.29, 1.82) is 0 Å². The molecule has 0 aliphatic rings. The van der Waals surface area contributed by atoms with Gasteiger partial charge in [-0.25, -0.2) is 9.59 Å². The molecule has 0 bridgehead atoms. The monoisotopic (exact) mass is 522 g/mol. The molecule has 0 saturated carbocycles. The molecule has 0 spiro atoms. The summed E-state index contributed by atoms with van der Waals surface area (Å²) in [6, 6.07) is 31.5. The van der Waals surface area contributed by atoms with Crippen LogP contribution >= 0.6 is 0 Å². The number of nitrogens with one attached hydrogen (secondary N) is 3. The van der Waals surface area contributed by atoms with E-state index in [4.69, 9.17) is 4.74 Å². The van der Waals surface area contributed by atoms with E-state index in [0.717, 1.165) is 11.3 Å². The van der Waals surface area contributed by atoms with Gasteiger partial charge < -0.3 is 20.7 Å². The summed E-state index contributed by atoms with van der Waals surface area (Å²) in [5.74, 6) is 1.81. The van der Waals surface area contributed by atoms with Gasteiger partial charge in [0.05, 0.1) is 0 Å². The highest BCUT2D eigenvalue weighted by molar-refractivity contribution is 6.01. The van der Waals surface area contributed by atoms with Crippen LogP contribution in [0, 0.1) is 6.92 Å². The minimum absolute atomic E-state index is 0.249. The van der Waals surface area contributed by atoms with Crippen LogP contribution in [-0.2, 0) is 0 Å². The molecule has 7 nitrogen and oxygen atoms in total. The zero-order valence-electron chi connectivity index (χ0n) is 22.5. The van der Waals surface area contributed by atoms with Crippen molar-refractivity contribution in [2.24, 2.45) is 0 Å². The number of carbonyl (C=O) groups excluding carboxylic acids is 2. The molecule has 3 N–H and O–H groups in total. The lowest BCUT2D eigenvalue weighted by molar-refractivity contribution is 0.250. The third kappa shape index (κ3) is 8.10. The highest BCUT2D eigenvalue weighted by Gasteiger charge is 2.17. The van der Waals surface area contributed by atoms with Crippen LogP contribution in [0.3, 0.4) is 0 Å². The first kappa shape index (κ1) is 27.3. The molecule has 4 aromatic rings. The number of rotatable bonds is 9. The molecule has 7 heteroatoms. The van der Waals surface area contributed by atoms with Crippen molar-refractivity contribution >= 4 is 29.1 Å². The fourth-order valence-electron chi connectivity index (χ4n) is 3.90. The van der Waals surface area contributed by atoms with Gasteiger partial charge in [0.1, 0.15) is 11.5 Å². The zero-order valence-corrected chi connectivity index (χ0v) is 22.5. The number of hydrogen-bond acceptors (Lipinski definition) is 3. The minimum atomic E-state index is -0.335. The molecule has 0 aromatic heterocycles. The first-order valence-electron chi connectivity index (χ1n) is 13.0. The first-order chi connectivity index (χ1) is 18.9. The van der Waals surface area contributed by atoms with Gasteiger partial charge in [-0.3, -0.25) is 4.90 Å². The Balaban J connectivity index is 1.41. The second kappa shape index (κ2) is 13.1. The van der Waals surface area contributed by atoms with Crippen LogP contribution < -0.4 is 25.6 Å². The van der Waals surface area contributed by atoms with E-state index in [0.29, 0.717) is 28.7 Å². The third-order valence-corrected chi connectivity index (χ3v) is 6.13. The summed E-state index contributed by atoms with van der Waals surface area (Å²) in [5.41, 5.74) is 4.38. The number of hydrogen-bond donors (Lipinski definition) is 3. The molecule has 0 saturated heterocycles. The third-order valence-electron chi connectivity index (χ3n) is 6.13. The fourth-order valence-corrected chi connectivity index (χ4v) is 3.90. The number of aryl methyl sites for hydroxylation is 1. The quantitative estimate of drug-likeness (QED) is 0.210. The highest BCUT2D eigenvalue weighted by Crippen LogP contribution is 2.25. The van der Waals surface area contributed by atoms with Gasteiger partial charge >= 0.3 is 12.1 Å². The maximum Gasteiger partial charge on any atom is 0.326 e. The Morgan fingerprint density at radius 1 is 0.744 bits per heavy atom. The van der Waals surface area contributed by atoms with E-state index in [1.54, 1.807) is 4.90 Å². The first-order valence-corrected chi connectivity index (χ1v) is 13.0. The molecule has 0 radical (unpaired) electrons. The van der Waals surface area contributed by atoms with E-state index < -0.39 is 0 Å². The topological polar surface area (TPSA) is 82.7 Å². The zero-order chi connectivity index (χ0) is 27.6. The van der Waals surface area contributed by atoms with Crippen LogP contribution in [0.4, 0.5) is 26.7 Å². The van der Waals surface area contributed by atoms with Crippen molar-refractivity contribution in [3.8, 4) is 11.5 Å². The van der Waals surface area contributed by atoms with E-state index in [1.807, 2.05) is 110 Å². The Hall–Kier alpha value is -4.78. The number of benzene rings is 4. The molecular weight excluding hydrogens is 488 g/mol. The van der Waals surface area contributed by atoms with E-state index >= 15 is 0 Å². The molecule has 200 valence electrons. The number of para-hydroxylation sites is 1. The van der Waals surface area contributed by atoms with Gasteiger partial charge in [-0.15, -0.1) is 0 Å². The second-order valence-corrected chi connectivity index (χ2v) is 9.51. The molecule has 4 amide bonds. The molecule has 39 heavy (non-hydrogen) atoms. The van der Waals surface area contributed by atoms with E-state index in [1.165, 1.54) is 5.56 Å². The van der Waals surface area contributed by atoms with Gasteiger partial charge in [0, 0.05) is 30.2 Å². The lowest BCUT2D eigenvalue weighted by Crippen LogP contribution is -2.42. The lowest BCUT2D eigenvalue weighted by atomic mass is 10.0. The Morgan fingerprint density at radius 3 is 1.97 bits per heavy atom. The number of amides is 4. The Kier molecular flexibility index (Phi) is 9.19. The largest absolute Gasteiger partial charge is 0.457 e. The van der Waals surface area contributed by atoms with Gasteiger partial charge in [0.2, 0.25) is 0 Å². The molecule has 0 aliphatic carbocycles. The van der Waals surface area contributed by atoms with Crippen LogP contribution in [-0.4, -0.2) is 25.2 Å². The van der Waals surface area contributed by atoms with Gasteiger partial charge in [0.15, 0.2) is 0 Å². The Bertz CT molecular complexity index is 1350. The molecule has 4 rings (SSSR count). The van der Waals surface area contributed by atoms with Crippen molar-refractivity contribution in [2.45, 2.75) is 26.7 Å². The van der Waals surface area contributed by atoms with E-state index in [9.17, 15) is 9.59 Å². The Labute approximate surface area is 229 Å². The molecular formula is C32H34N4O3. The number of anilines is 3. The van der Waals surface area contributed by atoms with Gasteiger partial charge in [-0.05, 0) is 79.1 Å². The highest BCUT2D eigenvalue weighted by atomic mass is 16.5. The smallest absolute Gasteiger partial charge is 0.326 e. The van der Waals surface area contributed by atoms with Crippen LogP contribution in [0.25, 0.3) is 0 Å². The second-order valence-electron chi connectivity index (χ2n) is 9.51. The molecule has 0 fully saturated rings. The maximum absolute atomic E-state index is 13.3.